The second kappa shape index (κ2) is 18.7. The molecule has 242 valence electrons. The number of aryl methyl sites for hydroxylation is 3. The normalized spacial score (nSPS) is 13.7. The molecular weight excluding hydrogens is 579 g/mol. The van der Waals surface area contributed by atoms with Gasteiger partial charge in [0.05, 0.1) is 6.04 Å². The van der Waals surface area contributed by atoms with Gasteiger partial charge in [0.25, 0.3) is 0 Å². The van der Waals surface area contributed by atoms with Gasteiger partial charge in [-0.15, -0.1) is 6.58 Å². The number of rotatable bonds is 9. The van der Waals surface area contributed by atoms with Crippen molar-refractivity contribution < 1.29 is 0 Å². The van der Waals surface area contributed by atoms with E-state index in [0.717, 1.165) is 24.0 Å². The maximum absolute atomic E-state index is 4.05. The number of nitrogens with one attached hydrogen (secondary N) is 1. The lowest BCUT2D eigenvalue weighted by atomic mass is 9.88. The Hall–Kier alpha value is -5.40. The molecule has 5 aromatic rings. The molecule has 0 radical (unpaired) electrons. The molecular formula is C47H49N. The zero-order valence-corrected chi connectivity index (χ0v) is 28.8. The first-order valence-electron chi connectivity index (χ1n) is 16.7. The van der Waals surface area contributed by atoms with Crippen molar-refractivity contribution in [3.8, 4) is 11.1 Å². The summed E-state index contributed by atoms with van der Waals surface area (Å²) < 4.78 is 0. The molecule has 0 saturated heterocycles. The molecule has 2 unspecified atom stereocenters. The largest absolute Gasteiger partial charge is 0.378 e. The summed E-state index contributed by atoms with van der Waals surface area (Å²) in [5.41, 5.74) is 12.5. The molecule has 1 N–H and O–H groups in total. The first-order chi connectivity index (χ1) is 23.4. The quantitative estimate of drug-likeness (QED) is 0.127. The zero-order chi connectivity index (χ0) is 34.1. The predicted octanol–water partition coefficient (Wildman–Crippen LogP) is 12.6. The third kappa shape index (κ3) is 10.9. The Labute approximate surface area is 289 Å². The second-order valence-electron chi connectivity index (χ2n) is 12.2. The topological polar surface area (TPSA) is 12.0 Å². The standard InChI is InChI=1S/C27H29N.C12H10.C8H10/c1-5-20(3)24-15-11-22(12-16-24)19-23-13-17-25(18-14-23)26(6-2)28-27-10-8-7-9-21(27)4;1-3-7-11(8-4-1)12-9-5-2-6-10-12;1-7-5-3-4-6-8(7)2/h5-17,25-26,28H,1-3,18-19H2,4H3;1-10H;3-6H,1-2H3. The van der Waals surface area contributed by atoms with Gasteiger partial charge in [0.15, 0.2) is 0 Å². The van der Waals surface area contributed by atoms with Gasteiger partial charge in [0, 0.05) is 11.6 Å². The maximum Gasteiger partial charge on any atom is 0.0507 e. The Morgan fingerprint density at radius 3 is 1.67 bits per heavy atom. The molecule has 0 aromatic heterocycles. The number of para-hydroxylation sites is 1. The highest BCUT2D eigenvalue weighted by Crippen LogP contribution is 2.26. The van der Waals surface area contributed by atoms with Crippen molar-refractivity contribution in [3.05, 3.63) is 217 Å². The van der Waals surface area contributed by atoms with Crippen LogP contribution in [0.3, 0.4) is 0 Å². The Morgan fingerprint density at radius 1 is 0.688 bits per heavy atom. The summed E-state index contributed by atoms with van der Waals surface area (Å²) in [6.45, 7) is 18.2. The first-order valence-corrected chi connectivity index (χ1v) is 16.7. The molecule has 5 aromatic carbocycles. The minimum absolute atomic E-state index is 0.222. The fourth-order valence-electron chi connectivity index (χ4n) is 5.45. The monoisotopic (exact) mass is 627 g/mol. The molecule has 1 aliphatic carbocycles. The van der Waals surface area contributed by atoms with Crippen LogP contribution in [0, 0.1) is 26.7 Å². The fourth-order valence-corrected chi connectivity index (χ4v) is 5.45. The van der Waals surface area contributed by atoms with Gasteiger partial charge in [-0.05, 0) is 89.8 Å². The maximum atomic E-state index is 4.05. The summed E-state index contributed by atoms with van der Waals surface area (Å²) >= 11 is 0. The lowest BCUT2D eigenvalue weighted by molar-refractivity contribution is 0.605. The molecule has 1 heteroatoms. The smallest absolute Gasteiger partial charge is 0.0507 e. The average Bonchev–Trinajstić information content (AvgIpc) is 3.14. The van der Waals surface area contributed by atoms with E-state index >= 15 is 0 Å². The number of allylic oxidation sites excluding steroid dienone is 5. The molecule has 0 aliphatic heterocycles. The molecule has 1 nitrogen and oxygen atoms in total. The first kappa shape index (κ1) is 35.5. The fraction of sp³-hybridized carbons (Fsp3) is 0.149. The van der Waals surface area contributed by atoms with E-state index in [9.17, 15) is 0 Å². The van der Waals surface area contributed by atoms with Crippen LogP contribution < -0.4 is 5.32 Å². The van der Waals surface area contributed by atoms with E-state index in [1.807, 2.05) is 18.2 Å². The van der Waals surface area contributed by atoms with Gasteiger partial charge < -0.3 is 5.32 Å². The van der Waals surface area contributed by atoms with Crippen LogP contribution >= 0.6 is 0 Å². The Bertz CT molecular complexity index is 1750. The molecule has 1 aliphatic rings. The summed E-state index contributed by atoms with van der Waals surface area (Å²) in [6.07, 6.45) is 12.7. The number of hydrogen-bond donors (Lipinski definition) is 1. The van der Waals surface area contributed by atoms with E-state index in [2.05, 4.69) is 185 Å². The molecule has 0 heterocycles. The lowest BCUT2D eigenvalue weighted by Gasteiger charge is -2.26. The number of hydrogen-bond acceptors (Lipinski definition) is 1. The van der Waals surface area contributed by atoms with Gasteiger partial charge in [-0.1, -0.05) is 171 Å². The van der Waals surface area contributed by atoms with Crippen molar-refractivity contribution in [1.29, 1.82) is 0 Å². The Balaban J connectivity index is 0.000000210. The average molecular weight is 628 g/mol. The summed E-state index contributed by atoms with van der Waals surface area (Å²) in [5.74, 6) is 0.416. The SMILES string of the molecule is C=CC(=C)c1ccc(CC2=CCC(C(C=C)Nc3ccccc3C)C=C2)cc1.Cc1ccccc1C.c1ccc(-c2ccccc2)cc1. The number of anilines is 1. The van der Waals surface area contributed by atoms with E-state index < -0.39 is 0 Å². The van der Waals surface area contributed by atoms with Crippen molar-refractivity contribution in [2.24, 2.45) is 5.92 Å². The van der Waals surface area contributed by atoms with E-state index in [1.54, 1.807) is 6.08 Å². The van der Waals surface area contributed by atoms with Crippen LogP contribution in [0.1, 0.15) is 34.2 Å². The van der Waals surface area contributed by atoms with Crippen LogP contribution in [0.5, 0.6) is 0 Å². The predicted molar refractivity (Wildman–Crippen MR) is 211 cm³/mol. The van der Waals surface area contributed by atoms with Crippen molar-refractivity contribution in [3.63, 3.8) is 0 Å². The molecule has 0 fully saturated rings. The van der Waals surface area contributed by atoms with E-state index in [4.69, 9.17) is 0 Å². The highest BCUT2D eigenvalue weighted by atomic mass is 14.9. The van der Waals surface area contributed by atoms with Crippen LogP contribution in [0.2, 0.25) is 0 Å². The highest BCUT2D eigenvalue weighted by molar-refractivity contribution is 5.71. The van der Waals surface area contributed by atoms with Gasteiger partial charge in [-0.3, -0.25) is 0 Å². The van der Waals surface area contributed by atoms with Crippen molar-refractivity contribution in [1.82, 2.24) is 0 Å². The van der Waals surface area contributed by atoms with Crippen LogP contribution in [0.25, 0.3) is 16.7 Å². The summed E-state index contributed by atoms with van der Waals surface area (Å²) in [7, 11) is 0. The molecule has 0 saturated carbocycles. The molecule has 0 bridgehead atoms. The van der Waals surface area contributed by atoms with Crippen molar-refractivity contribution in [2.45, 2.75) is 39.7 Å². The summed E-state index contributed by atoms with van der Waals surface area (Å²) in [6, 6.07) is 46.4. The van der Waals surface area contributed by atoms with Gasteiger partial charge in [0.2, 0.25) is 0 Å². The second-order valence-corrected chi connectivity index (χ2v) is 12.2. The Morgan fingerprint density at radius 2 is 1.21 bits per heavy atom. The minimum Gasteiger partial charge on any atom is -0.378 e. The molecule has 48 heavy (non-hydrogen) atoms. The third-order valence-electron chi connectivity index (χ3n) is 8.68. The van der Waals surface area contributed by atoms with Gasteiger partial charge >= 0.3 is 0 Å². The van der Waals surface area contributed by atoms with Crippen LogP contribution in [-0.2, 0) is 6.42 Å². The molecule has 2 atom stereocenters. The Kier molecular flexibility index (Phi) is 13.8. The highest BCUT2D eigenvalue weighted by Gasteiger charge is 2.18. The third-order valence-corrected chi connectivity index (χ3v) is 8.68. The summed E-state index contributed by atoms with van der Waals surface area (Å²) in [5, 5.41) is 3.64. The van der Waals surface area contributed by atoms with Crippen molar-refractivity contribution in [2.75, 3.05) is 5.32 Å². The van der Waals surface area contributed by atoms with E-state index in [1.165, 1.54) is 44.6 Å². The molecule has 0 amide bonds. The zero-order valence-electron chi connectivity index (χ0n) is 28.8. The van der Waals surface area contributed by atoms with Crippen LogP contribution in [-0.4, -0.2) is 6.04 Å². The van der Waals surface area contributed by atoms with E-state index in [0.29, 0.717) is 5.92 Å². The molecule has 0 spiro atoms. The van der Waals surface area contributed by atoms with E-state index in [-0.39, 0.29) is 6.04 Å². The van der Waals surface area contributed by atoms with Crippen molar-refractivity contribution >= 4 is 11.3 Å². The molecule has 6 rings (SSSR count). The minimum atomic E-state index is 0.222. The lowest BCUT2D eigenvalue weighted by Crippen LogP contribution is -2.26. The van der Waals surface area contributed by atoms with Gasteiger partial charge in [-0.25, -0.2) is 0 Å². The van der Waals surface area contributed by atoms with Crippen LogP contribution in [0.15, 0.2) is 189 Å². The van der Waals surface area contributed by atoms with Gasteiger partial charge in [-0.2, -0.15) is 0 Å². The number of benzene rings is 5. The van der Waals surface area contributed by atoms with Crippen LogP contribution in [0.4, 0.5) is 5.69 Å². The summed E-state index contributed by atoms with van der Waals surface area (Å²) in [4.78, 5) is 0. The van der Waals surface area contributed by atoms with Gasteiger partial charge in [0.1, 0.15) is 0 Å².